The van der Waals surface area contributed by atoms with Crippen molar-refractivity contribution in [2.75, 3.05) is 48.3 Å². The Bertz CT molecular complexity index is 1030. The molecule has 1 aromatic carbocycles. The minimum Gasteiger partial charge on any atom is -0.366 e. The van der Waals surface area contributed by atoms with Crippen molar-refractivity contribution in [3.05, 3.63) is 35.9 Å². The maximum atomic E-state index is 14.0. The predicted octanol–water partition coefficient (Wildman–Crippen LogP) is 1.30. The van der Waals surface area contributed by atoms with Crippen LogP contribution in [0.4, 0.5) is 10.1 Å². The third kappa shape index (κ3) is 4.46. The second kappa shape index (κ2) is 8.54. The first-order valence-electron chi connectivity index (χ1n) is 9.84. The van der Waals surface area contributed by atoms with Gasteiger partial charge in [-0.25, -0.2) is 12.8 Å². The molecule has 0 unspecified atom stereocenters. The number of benzene rings is 1. The zero-order chi connectivity index (χ0) is 21.3. The van der Waals surface area contributed by atoms with Crippen LogP contribution in [-0.4, -0.2) is 77.4 Å². The predicted molar refractivity (Wildman–Crippen MR) is 113 cm³/mol. The van der Waals surface area contributed by atoms with Gasteiger partial charge in [-0.15, -0.1) is 10.2 Å². The number of carbonyl (C=O) groups is 1. The normalized spacial score (nSPS) is 21.2. The Kier molecular flexibility index (Phi) is 6.01. The number of thioether (sulfide) groups is 1. The quantitative estimate of drug-likeness (QED) is 0.631. The Hall–Kier alpha value is -2.14. The number of rotatable bonds is 5. The molecule has 2 aliphatic rings. The molecule has 0 aliphatic carbocycles. The minimum atomic E-state index is -2.99. The highest BCUT2D eigenvalue weighted by molar-refractivity contribution is 7.99. The zero-order valence-electron chi connectivity index (χ0n) is 16.7. The van der Waals surface area contributed by atoms with Gasteiger partial charge in [-0.05, 0) is 18.6 Å². The van der Waals surface area contributed by atoms with E-state index in [2.05, 4.69) is 10.2 Å². The van der Waals surface area contributed by atoms with E-state index >= 15 is 0 Å². The Balaban J connectivity index is 1.30. The average molecular weight is 454 g/mol. The fourth-order valence-electron chi connectivity index (χ4n) is 3.93. The number of nitrogens with zero attached hydrogens (tertiary/aromatic N) is 5. The summed E-state index contributed by atoms with van der Waals surface area (Å²) in [4.78, 5) is 16.4. The van der Waals surface area contributed by atoms with Gasteiger partial charge in [-0.2, -0.15) is 0 Å². The second-order valence-electron chi connectivity index (χ2n) is 7.61. The third-order valence-electron chi connectivity index (χ3n) is 5.62. The molecule has 0 N–H and O–H groups in total. The SMILES string of the molecule is Cn1c(SCC(=O)N2CCN(c3ccccc3F)CC2)nnc1[C@@H]1CCS(=O)(=O)C1. The lowest BCUT2D eigenvalue weighted by atomic mass is 10.1. The van der Waals surface area contributed by atoms with Crippen molar-refractivity contribution in [3.63, 3.8) is 0 Å². The van der Waals surface area contributed by atoms with Crippen LogP contribution in [0.5, 0.6) is 0 Å². The van der Waals surface area contributed by atoms with Crippen LogP contribution in [0.1, 0.15) is 18.2 Å². The van der Waals surface area contributed by atoms with Crippen molar-refractivity contribution in [1.29, 1.82) is 0 Å². The van der Waals surface area contributed by atoms with E-state index in [0.29, 0.717) is 49.3 Å². The number of piperazine rings is 1. The average Bonchev–Trinajstić information content (AvgIpc) is 3.28. The molecule has 1 atom stereocenters. The van der Waals surface area contributed by atoms with Crippen molar-refractivity contribution in [1.82, 2.24) is 19.7 Å². The Morgan fingerprint density at radius 2 is 1.93 bits per heavy atom. The second-order valence-corrected chi connectivity index (χ2v) is 10.8. The van der Waals surface area contributed by atoms with Crippen LogP contribution in [0.2, 0.25) is 0 Å². The highest BCUT2D eigenvalue weighted by Crippen LogP contribution is 2.29. The third-order valence-corrected chi connectivity index (χ3v) is 8.39. The fourth-order valence-corrected chi connectivity index (χ4v) is 6.49. The molecule has 2 aliphatic heterocycles. The molecular formula is C19H24FN5O3S2. The molecule has 1 aromatic heterocycles. The molecule has 1 amide bonds. The molecule has 4 rings (SSSR count). The van der Waals surface area contributed by atoms with Crippen LogP contribution < -0.4 is 4.90 Å². The lowest BCUT2D eigenvalue weighted by Crippen LogP contribution is -2.49. The van der Waals surface area contributed by atoms with E-state index in [1.54, 1.807) is 28.6 Å². The van der Waals surface area contributed by atoms with Crippen LogP contribution in [0.25, 0.3) is 0 Å². The van der Waals surface area contributed by atoms with Crippen LogP contribution in [0, 0.1) is 5.82 Å². The van der Waals surface area contributed by atoms with Crippen LogP contribution >= 0.6 is 11.8 Å². The number of carbonyl (C=O) groups excluding carboxylic acids is 1. The molecule has 30 heavy (non-hydrogen) atoms. The van der Waals surface area contributed by atoms with Crippen molar-refractivity contribution < 1.29 is 17.6 Å². The standard InChI is InChI=1S/C19H24FN5O3S2/c1-23-18(14-6-11-30(27,28)13-14)21-22-19(23)29-12-17(26)25-9-7-24(8-10-25)16-5-3-2-4-15(16)20/h2-5,14H,6-13H2,1H3/t14-/m1/s1. The molecule has 2 saturated heterocycles. The number of halogens is 1. The molecule has 162 valence electrons. The number of sulfone groups is 1. The monoisotopic (exact) mass is 453 g/mol. The van der Waals surface area contributed by atoms with E-state index in [-0.39, 0.29) is 34.9 Å². The van der Waals surface area contributed by atoms with Crippen molar-refractivity contribution in [2.45, 2.75) is 17.5 Å². The summed E-state index contributed by atoms with van der Waals surface area (Å²) in [7, 11) is -1.19. The van der Waals surface area contributed by atoms with E-state index in [9.17, 15) is 17.6 Å². The number of amides is 1. The summed E-state index contributed by atoms with van der Waals surface area (Å²) in [6.07, 6.45) is 0.560. The molecule has 11 heteroatoms. The highest BCUT2D eigenvalue weighted by Gasteiger charge is 2.32. The molecule has 8 nitrogen and oxygen atoms in total. The van der Waals surface area contributed by atoms with Gasteiger partial charge in [0.15, 0.2) is 15.0 Å². The van der Waals surface area contributed by atoms with E-state index in [0.717, 1.165) is 0 Å². The van der Waals surface area contributed by atoms with E-state index < -0.39 is 9.84 Å². The molecule has 0 saturated carbocycles. The molecule has 0 spiro atoms. The summed E-state index contributed by atoms with van der Waals surface area (Å²) in [5.74, 6) is 0.795. The number of hydrogen-bond donors (Lipinski definition) is 0. The molecule has 3 heterocycles. The maximum Gasteiger partial charge on any atom is 0.233 e. The van der Waals surface area contributed by atoms with Gasteiger partial charge >= 0.3 is 0 Å². The largest absolute Gasteiger partial charge is 0.366 e. The van der Waals surface area contributed by atoms with Gasteiger partial charge in [-0.3, -0.25) is 4.79 Å². The zero-order valence-corrected chi connectivity index (χ0v) is 18.3. The summed E-state index contributed by atoms with van der Waals surface area (Å²) in [5, 5.41) is 8.92. The van der Waals surface area contributed by atoms with E-state index in [1.807, 2.05) is 11.0 Å². The number of anilines is 1. The summed E-state index contributed by atoms with van der Waals surface area (Å²) in [6.45, 7) is 2.25. The smallest absolute Gasteiger partial charge is 0.233 e. The first-order chi connectivity index (χ1) is 14.3. The summed E-state index contributed by atoms with van der Waals surface area (Å²) >= 11 is 1.30. The van der Waals surface area contributed by atoms with Crippen molar-refractivity contribution >= 4 is 33.2 Å². The summed E-state index contributed by atoms with van der Waals surface area (Å²) < 4.78 is 39.2. The van der Waals surface area contributed by atoms with Gasteiger partial charge in [0.25, 0.3) is 0 Å². The van der Waals surface area contributed by atoms with Crippen molar-refractivity contribution in [2.24, 2.45) is 7.05 Å². The van der Waals surface area contributed by atoms with Gasteiger partial charge < -0.3 is 14.4 Å². The maximum absolute atomic E-state index is 14.0. The lowest BCUT2D eigenvalue weighted by molar-refractivity contribution is -0.128. The van der Waals surface area contributed by atoms with E-state index in [1.165, 1.54) is 17.8 Å². The number of hydrogen-bond acceptors (Lipinski definition) is 7. The van der Waals surface area contributed by atoms with Gasteiger partial charge in [0, 0.05) is 39.1 Å². The molecule has 0 radical (unpaired) electrons. The van der Waals surface area contributed by atoms with Crippen LogP contribution in [-0.2, 0) is 21.7 Å². The van der Waals surface area contributed by atoms with Crippen LogP contribution in [0.3, 0.4) is 0 Å². The summed E-state index contributed by atoms with van der Waals surface area (Å²) in [6, 6.07) is 6.67. The Labute approximate surface area is 179 Å². The molecule has 2 fully saturated rings. The fraction of sp³-hybridized carbons (Fsp3) is 0.526. The van der Waals surface area contributed by atoms with Gasteiger partial charge in [0.2, 0.25) is 5.91 Å². The van der Waals surface area contributed by atoms with E-state index in [4.69, 9.17) is 0 Å². The molecule has 2 aromatic rings. The van der Waals surface area contributed by atoms with Crippen LogP contribution in [0.15, 0.2) is 29.4 Å². The molecule has 0 bridgehead atoms. The van der Waals surface area contributed by atoms with Gasteiger partial charge in [-0.1, -0.05) is 23.9 Å². The minimum absolute atomic E-state index is 0.00109. The highest BCUT2D eigenvalue weighted by atomic mass is 32.2. The lowest BCUT2D eigenvalue weighted by Gasteiger charge is -2.36. The molecular weight excluding hydrogens is 429 g/mol. The first kappa shape index (κ1) is 21.1. The first-order valence-corrected chi connectivity index (χ1v) is 12.6. The Morgan fingerprint density at radius 1 is 1.20 bits per heavy atom. The van der Waals surface area contributed by atoms with Gasteiger partial charge in [0.05, 0.1) is 22.9 Å². The Morgan fingerprint density at radius 3 is 2.60 bits per heavy atom. The topological polar surface area (TPSA) is 88.4 Å². The van der Waals surface area contributed by atoms with Gasteiger partial charge in [0.1, 0.15) is 11.6 Å². The number of para-hydroxylation sites is 1. The summed E-state index contributed by atoms with van der Waals surface area (Å²) in [5.41, 5.74) is 0.569. The van der Waals surface area contributed by atoms with Crippen molar-refractivity contribution in [3.8, 4) is 0 Å². The number of aromatic nitrogens is 3.